The van der Waals surface area contributed by atoms with Gasteiger partial charge in [0, 0.05) is 22.3 Å². The van der Waals surface area contributed by atoms with Crippen LogP contribution in [-0.4, -0.2) is 20.0 Å². The minimum absolute atomic E-state index is 0.0911. The van der Waals surface area contributed by atoms with Crippen molar-refractivity contribution in [3.63, 3.8) is 0 Å². The summed E-state index contributed by atoms with van der Waals surface area (Å²) < 4.78 is 17.9. The van der Waals surface area contributed by atoms with Crippen molar-refractivity contribution in [2.75, 3.05) is 14.2 Å². The van der Waals surface area contributed by atoms with Crippen molar-refractivity contribution in [3.05, 3.63) is 83.4 Å². The quantitative estimate of drug-likeness (QED) is 0.210. The largest absolute Gasteiger partial charge is 0.497 e. The third-order valence-electron chi connectivity index (χ3n) is 6.19. The number of rotatable bonds is 12. The molecule has 0 saturated carbocycles. The van der Waals surface area contributed by atoms with E-state index in [4.69, 9.17) is 14.2 Å². The smallest absolute Gasteiger partial charge is 0.166 e. The third kappa shape index (κ3) is 5.80. The molecule has 0 bridgehead atoms. The van der Waals surface area contributed by atoms with Crippen LogP contribution in [0.15, 0.2) is 66.7 Å². The summed E-state index contributed by atoms with van der Waals surface area (Å²) in [5, 5.41) is 0.856. The maximum absolute atomic E-state index is 12.4. The van der Waals surface area contributed by atoms with E-state index >= 15 is 0 Å². The van der Waals surface area contributed by atoms with E-state index in [1.54, 1.807) is 21.1 Å². The van der Waals surface area contributed by atoms with Crippen LogP contribution in [0.5, 0.6) is 17.2 Å². The van der Waals surface area contributed by atoms with Gasteiger partial charge >= 0.3 is 0 Å². The molecular formula is C29H35O4P. The molecule has 0 aromatic heterocycles. The second kappa shape index (κ2) is 12.0. The van der Waals surface area contributed by atoms with Crippen molar-refractivity contribution < 1.29 is 19.0 Å². The number of ketones is 1. The summed E-state index contributed by atoms with van der Waals surface area (Å²) in [5.74, 6) is 2.23. The van der Waals surface area contributed by atoms with Crippen molar-refractivity contribution in [2.24, 2.45) is 0 Å². The number of carbonyl (C=O) groups is 1. The highest BCUT2D eigenvalue weighted by atomic mass is 31.1. The van der Waals surface area contributed by atoms with Crippen LogP contribution in [0.2, 0.25) is 0 Å². The summed E-state index contributed by atoms with van der Waals surface area (Å²) in [5.41, 5.74) is 2.95. The van der Waals surface area contributed by atoms with Gasteiger partial charge in [-0.1, -0.05) is 83.4 Å². The Labute approximate surface area is 205 Å². The highest BCUT2D eigenvalue weighted by molar-refractivity contribution is 7.48. The van der Waals surface area contributed by atoms with Gasteiger partial charge in [0.15, 0.2) is 17.3 Å². The molecule has 0 radical (unpaired) electrons. The minimum atomic E-state index is -0.228. The number of Topliss-reactive ketones (excluding diaryl/α,β-unsaturated/α-hetero) is 1. The fraction of sp³-hybridized carbons (Fsp3) is 0.345. The lowest BCUT2D eigenvalue weighted by atomic mass is 9.89. The van der Waals surface area contributed by atoms with Crippen LogP contribution < -0.4 is 19.5 Å². The van der Waals surface area contributed by atoms with Crippen LogP contribution >= 0.6 is 8.58 Å². The maximum atomic E-state index is 12.4. The molecular weight excluding hydrogens is 443 g/mol. The molecule has 5 heteroatoms. The molecule has 0 heterocycles. The molecule has 3 rings (SSSR count). The van der Waals surface area contributed by atoms with Crippen molar-refractivity contribution in [1.82, 2.24) is 0 Å². The molecule has 34 heavy (non-hydrogen) atoms. The van der Waals surface area contributed by atoms with E-state index in [9.17, 15) is 4.79 Å². The predicted molar refractivity (Wildman–Crippen MR) is 142 cm³/mol. The second-order valence-electron chi connectivity index (χ2n) is 8.39. The van der Waals surface area contributed by atoms with E-state index < -0.39 is 0 Å². The van der Waals surface area contributed by atoms with E-state index in [1.807, 2.05) is 42.5 Å². The Hall–Kier alpha value is -2.84. The fourth-order valence-electron chi connectivity index (χ4n) is 4.38. The summed E-state index contributed by atoms with van der Waals surface area (Å²) in [6.45, 7) is 6.50. The molecule has 180 valence electrons. The maximum Gasteiger partial charge on any atom is 0.166 e. The van der Waals surface area contributed by atoms with Gasteiger partial charge in [0.25, 0.3) is 0 Å². The van der Waals surface area contributed by atoms with Gasteiger partial charge in [0.2, 0.25) is 0 Å². The monoisotopic (exact) mass is 478 g/mol. The van der Waals surface area contributed by atoms with Crippen LogP contribution in [0.25, 0.3) is 0 Å². The Bertz CT molecular complexity index is 1100. The molecule has 4 nitrogen and oxygen atoms in total. The van der Waals surface area contributed by atoms with E-state index in [-0.39, 0.29) is 10.9 Å². The lowest BCUT2D eigenvalue weighted by Crippen LogP contribution is -2.25. The average molecular weight is 479 g/mol. The third-order valence-corrected chi connectivity index (χ3v) is 8.24. The average Bonchev–Trinajstić information content (AvgIpc) is 2.87. The number of hydrogen-bond donors (Lipinski definition) is 0. The Morgan fingerprint density at radius 2 is 1.65 bits per heavy atom. The van der Waals surface area contributed by atoms with Crippen LogP contribution in [0, 0.1) is 0 Å². The Morgan fingerprint density at radius 3 is 2.26 bits per heavy atom. The lowest BCUT2D eigenvalue weighted by molar-refractivity contribution is 0.101. The van der Waals surface area contributed by atoms with Crippen LogP contribution in [0.4, 0.5) is 0 Å². The summed E-state index contributed by atoms with van der Waals surface area (Å²) in [7, 11) is 3.72. The van der Waals surface area contributed by atoms with Gasteiger partial charge in [0.1, 0.15) is 12.4 Å². The van der Waals surface area contributed by atoms with Gasteiger partial charge in [-0.3, -0.25) is 4.79 Å². The highest BCUT2D eigenvalue weighted by Gasteiger charge is 2.36. The predicted octanol–water partition coefficient (Wildman–Crippen LogP) is 6.89. The zero-order chi connectivity index (χ0) is 24.6. The number of benzene rings is 3. The van der Waals surface area contributed by atoms with Gasteiger partial charge in [0.05, 0.1) is 14.2 Å². The zero-order valence-corrected chi connectivity index (χ0v) is 21.8. The molecule has 3 aromatic carbocycles. The lowest BCUT2D eigenvalue weighted by Gasteiger charge is -2.36. The molecule has 0 fully saturated rings. The molecule has 0 aliphatic carbocycles. The SMILES string of the molecule is CCCC(CC)(Pc1ccccc1C(C)=O)c1cc(OC)cc(OC)c1OCc1ccccc1. The van der Waals surface area contributed by atoms with E-state index in [1.165, 1.54) is 0 Å². The molecule has 0 aliphatic heterocycles. The Balaban J connectivity index is 2.16. The standard InChI is InChI=1S/C29H35O4P/c1-6-17-29(7-2,34-27-16-12-11-15-24(27)21(3)30)25-18-23(31-4)19-26(32-5)28(25)33-20-22-13-9-8-10-14-22/h8-16,18-19,34H,6-7,17,20H2,1-5H3. The molecule has 0 spiro atoms. The number of hydrogen-bond acceptors (Lipinski definition) is 4. The van der Waals surface area contributed by atoms with Gasteiger partial charge in [-0.15, -0.1) is 0 Å². The van der Waals surface area contributed by atoms with E-state index in [0.29, 0.717) is 20.9 Å². The number of methoxy groups -OCH3 is 2. The van der Waals surface area contributed by atoms with Gasteiger partial charge in [-0.25, -0.2) is 0 Å². The summed E-state index contributed by atoms with van der Waals surface area (Å²) in [6, 6.07) is 22.1. The van der Waals surface area contributed by atoms with Crippen molar-refractivity contribution >= 4 is 19.7 Å². The molecule has 0 saturated heterocycles. The molecule has 3 aromatic rings. The van der Waals surface area contributed by atoms with Crippen LogP contribution in [0.1, 0.15) is 61.5 Å². The van der Waals surface area contributed by atoms with Crippen molar-refractivity contribution in [3.8, 4) is 17.2 Å². The van der Waals surface area contributed by atoms with E-state index in [0.717, 1.165) is 52.8 Å². The van der Waals surface area contributed by atoms with Gasteiger partial charge < -0.3 is 14.2 Å². The Kier molecular flexibility index (Phi) is 9.12. The van der Waals surface area contributed by atoms with Crippen molar-refractivity contribution in [1.29, 1.82) is 0 Å². The first-order valence-corrected chi connectivity index (χ1v) is 12.8. The van der Waals surface area contributed by atoms with Crippen LogP contribution in [0.3, 0.4) is 0 Å². The van der Waals surface area contributed by atoms with Gasteiger partial charge in [-0.05, 0) is 36.7 Å². The second-order valence-corrected chi connectivity index (χ2v) is 10.1. The normalized spacial score (nSPS) is 13.0. The van der Waals surface area contributed by atoms with Gasteiger partial charge in [-0.2, -0.15) is 0 Å². The summed E-state index contributed by atoms with van der Waals surface area (Å²) in [4.78, 5) is 12.4. The highest BCUT2D eigenvalue weighted by Crippen LogP contribution is 2.54. The van der Waals surface area contributed by atoms with E-state index in [2.05, 4.69) is 38.1 Å². The fourth-order valence-corrected chi connectivity index (χ4v) is 6.35. The van der Waals surface area contributed by atoms with Crippen LogP contribution in [-0.2, 0) is 11.8 Å². The molecule has 2 atom stereocenters. The molecule has 2 unspecified atom stereocenters. The number of carbonyl (C=O) groups excluding carboxylic acids is 1. The first kappa shape index (κ1) is 25.8. The first-order valence-electron chi connectivity index (χ1n) is 11.8. The Morgan fingerprint density at radius 1 is 0.941 bits per heavy atom. The zero-order valence-electron chi connectivity index (χ0n) is 20.8. The number of ether oxygens (including phenoxy) is 3. The molecule has 0 N–H and O–H groups in total. The summed E-state index contributed by atoms with van der Waals surface area (Å²) >= 11 is 0. The first-order chi connectivity index (χ1) is 16.5. The molecule has 0 amide bonds. The molecule has 0 aliphatic rings. The summed E-state index contributed by atoms with van der Waals surface area (Å²) in [6.07, 6.45) is 2.84. The topological polar surface area (TPSA) is 44.8 Å². The minimum Gasteiger partial charge on any atom is -0.497 e. The van der Waals surface area contributed by atoms with Crippen molar-refractivity contribution in [2.45, 2.75) is 51.8 Å².